The molecule has 0 saturated carbocycles. The summed E-state index contributed by atoms with van der Waals surface area (Å²) in [6.45, 7) is 8.51. The average molecular weight is 352 g/mol. The fraction of sp³-hybridized carbons (Fsp3) is 0.368. The quantitative estimate of drug-likeness (QED) is 0.698. The second-order valence-electron chi connectivity index (χ2n) is 6.17. The van der Waals surface area contributed by atoms with Gasteiger partial charge in [-0.3, -0.25) is 0 Å². The molecule has 0 aliphatic heterocycles. The standard InChI is InChI=1S/C19H23Cl2NO/c1-13(2)10-22-11-16-8-17(20)9-18(21)19(16)23-12-15-6-4-14(3)5-7-15/h4-9,13,22H,10-12H2,1-3H3. The second-order valence-corrected chi connectivity index (χ2v) is 7.02. The molecule has 0 fully saturated rings. The van der Waals surface area contributed by atoms with Crippen molar-refractivity contribution in [3.8, 4) is 5.75 Å². The van der Waals surface area contributed by atoms with Gasteiger partial charge in [0.05, 0.1) is 5.02 Å². The zero-order chi connectivity index (χ0) is 16.8. The maximum atomic E-state index is 6.33. The molecule has 1 N–H and O–H groups in total. The Hall–Kier alpha value is -1.22. The van der Waals surface area contributed by atoms with Crippen LogP contribution in [-0.2, 0) is 13.2 Å². The summed E-state index contributed by atoms with van der Waals surface area (Å²) in [7, 11) is 0. The third-order valence-corrected chi connectivity index (χ3v) is 3.96. The number of ether oxygens (including phenoxy) is 1. The summed E-state index contributed by atoms with van der Waals surface area (Å²) in [4.78, 5) is 0. The smallest absolute Gasteiger partial charge is 0.142 e. The molecule has 0 spiro atoms. The Kier molecular flexibility index (Phi) is 6.76. The van der Waals surface area contributed by atoms with E-state index in [4.69, 9.17) is 27.9 Å². The van der Waals surface area contributed by atoms with Crippen LogP contribution in [0.1, 0.15) is 30.5 Å². The van der Waals surface area contributed by atoms with E-state index in [1.54, 1.807) is 6.07 Å². The third-order valence-electron chi connectivity index (χ3n) is 3.46. The molecule has 2 rings (SSSR count). The van der Waals surface area contributed by atoms with E-state index in [1.807, 2.05) is 6.07 Å². The van der Waals surface area contributed by atoms with Gasteiger partial charge in [-0.25, -0.2) is 0 Å². The van der Waals surface area contributed by atoms with E-state index in [2.05, 4.69) is 50.4 Å². The predicted octanol–water partition coefficient (Wildman–Crippen LogP) is 5.63. The number of halogens is 2. The second kappa shape index (κ2) is 8.58. The highest BCUT2D eigenvalue weighted by atomic mass is 35.5. The van der Waals surface area contributed by atoms with Crippen LogP contribution in [0.5, 0.6) is 5.75 Å². The van der Waals surface area contributed by atoms with Crippen molar-refractivity contribution >= 4 is 23.2 Å². The van der Waals surface area contributed by atoms with Gasteiger partial charge in [-0.05, 0) is 37.1 Å². The maximum absolute atomic E-state index is 6.33. The Morgan fingerprint density at radius 2 is 1.78 bits per heavy atom. The molecule has 2 aromatic rings. The average Bonchev–Trinajstić information content (AvgIpc) is 2.47. The molecule has 0 aliphatic rings. The highest BCUT2D eigenvalue weighted by Gasteiger charge is 2.11. The number of hydrogen-bond acceptors (Lipinski definition) is 2. The van der Waals surface area contributed by atoms with Crippen LogP contribution in [-0.4, -0.2) is 6.54 Å². The number of aryl methyl sites for hydroxylation is 1. The first kappa shape index (κ1) is 18.1. The molecule has 0 aliphatic carbocycles. The van der Waals surface area contributed by atoms with E-state index in [-0.39, 0.29) is 0 Å². The molecule has 0 atom stereocenters. The lowest BCUT2D eigenvalue weighted by molar-refractivity contribution is 0.302. The van der Waals surface area contributed by atoms with Crippen LogP contribution in [0.15, 0.2) is 36.4 Å². The van der Waals surface area contributed by atoms with Gasteiger partial charge >= 0.3 is 0 Å². The van der Waals surface area contributed by atoms with Crippen LogP contribution < -0.4 is 10.1 Å². The van der Waals surface area contributed by atoms with Gasteiger partial charge < -0.3 is 10.1 Å². The van der Waals surface area contributed by atoms with Crippen molar-refractivity contribution in [2.45, 2.75) is 33.9 Å². The van der Waals surface area contributed by atoms with Crippen molar-refractivity contribution in [2.75, 3.05) is 6.54 Å². The normalized spacial score (nSPS) is 11.0. The summed E-state index contributed by atoms with van der Waals surface area (Å²) < 4.78 is 5.98. The molecule has 0 saturated heterocycles. The molecule has 124 valence electrons. The number of hydrogen-bond donors (Lipinski definition) is 1. The molecule has 2 nitrogen and oxygen atoms in total. The summed E-state index contributed by atoms with van der Waals surface area (Å²) in [5.41, 5.74) is 3.33. The zero-order valence-electron chi connectivity index (χ0n) is 13.8. The first-order valence-corrected chi connectivity index (χ1v) is 8.58. The Labute approximate surface area is 148 Å². The molecule has 0 aromatic heterocycles. The van der Waals surface area contributed by atoms with Gasteiger partial charge in [0.25, 0.3) is 0 Å². The van der Waals surface area contributed by atoms with E-state index < -0.39 is 0 Å². The predicted molar refractivity (Wildman–Crippen MR) is 98.5 cm³/mol. The van der Waals surface area contributed by atoms with E-state index in [0.29, 0.717) is 34.9 Å². The van der Waals surface area contributed by atoms with Gasteiger partial charge in [0.1, 0.15) is 12.4 Å². The monoisotopic (exact) mass is 351 g/mol. The minimum Gasteiger partial charge on any atom is -0.487 e. The Morgan fingerprint density at radius 3 is 2.43 bits per heavy atom. The summed E-state index contributed by atoms with van der Waals surface area (Å²) in [6.07, 6.45) is 0. The minimum atomic E-state index is 0.485. The minimum absolute atomic E-state index is 0.485. The molecule has 0 amide bonds. The van der Waals surface area contributed by atoms with E-state index in [1.165, 1.54) is 5.56 Å². The van der Waals surface area contributed by atoms with Gasteiger partial charge in [-0.1, -0.05) is 66.9 Å². The molecular formula is C19H23Cl2NO. The number of rotatable bonds is 7. The van der Waals surface area contributed by atoms with Crippen LogP contribution in [0.2, 0.25) is 10.0 Å². The Morgan fingerprint density at radius 1 is 1.09 bits per heavy atom. The maximum Gasteiger partial charge on any atom is 0.142 e. The van der Waals surface area contributed by atoms with E-state index in [0.717, 1.165) is 17.7 Å². The molecule has 0 radical (unpaired) electrons. The molecule has 4 heteroatoms. The van der Waals surface area contributed by atoms with Crippen LogP contribution in [0.3, 0.4) is 0 Å². The highest BCUT2D eigenvalue weighted by Crippen LogP contribution is 2.33. The fourth-order valence-electron chi connectivity index (χ4n) is 2.24. The van der Waals surface area contributed by atoms with Crippen LogP contribution in [0.4, 0.5) is 0 Å². The van der Waals surface area contributed by atoms with Crippen LogP contribution in [0.25, 0.3) is 0 Å². The van der Waals surface area contributed by atoms with Crippen LogP contribution in [0, 0.1) is 12.8 Å². The Balaban J connectivity index is 2.10. The summed E-state index contributed by atoms with van der Waals surface area (Å²) in [5, 5.41) is 4.58. The number of nitrogens with one attached hydrogen (secondary N) is 1. The topological polar surface area (TPSA) is 21.3 Å². The SMILES string of the molecule is Cc1ccc(COc2c(Cl)cc(Cl)cc2CNCC(C)C)cc1. The zero-order valence-corrected chi connectivity index (χ0v) is 15.3. The van der Waals surface area contributed by atoms with Gasteiger partial charge in [0.15, 0.2) is 0 Å². The molecule has 2 aromatic carbocycles. The lowest BCUT2D eigenvalue weighted by Gasteiger charge is -2.15. The lowest BCUT2D eigenvalue weighted by Crippen LogP contribution is -2.19. The fourth-order valence-corrected chi connectivity index (χ4v) is 2.83. The molecular weight excluding hydrogens is 329 g/mol. The summed E-state index contributed by atoms with van der Waals surface area (Å²) in [6, 6.07) is 11.9. The van der Waals surface area contributed by atoms with Crippen molar-refractivity contribution in [1.82, 2.24) is 5.32 Å². The molecule has 23 heavy (non-hydrogen) atoms. The van der Waals surface area contributed by atoms with Gasteiger partial charge in [0, 0.05) is 17.1 Å². The van der Waals surface area contributed by atoms with E-state index in [9.17, 15) is 0 Å². The number of benzene rings is 2. The highest BCUT2D eigenvalue weighted by molar-refractivity contribution is 6.35. The molecule has 0 heterocycles. The van der Waals surface area contributed by atoms with Crippen molar-refractivity contribution in [1.29, 1.82) is 0 Å². The lowest BCUT2D eigenvalue weighted by atomic mass is 10.1. The largest absolute Gasteiger partial charge is 0.487 e. The molecule has 0 bridgehead atoms. The van der Waals surface area contributed by atoms with Crippen LogP contribution >= 0.6 is 23.2 Å². The molecule has 0 unspecified atom stereocenters. The van der Waals surface area contributed by atoms with Gasteiger partial charge in [-0.2, -0.15) is 0 Å². The van der Waals surface area contributed by atoms with Gasteiger partial charge in [0.2, 0.25) is 0 Å². The van der Waals surface area contributed by atoms with Crippen molar-refractivity contribution < 1.29 is 4.74 Å². The first-order chi connectivity index (χ1) is 11.0. The van der Waals surface area contributed by atoms with Crippen molar-refractivity contribution in [3.05, 3.63) is 63.1 Å². The van der Waals surface area contributed by atoms with E-state index >= 15 is 0 Å². The third kappa shape index (κ3) is 5.72. The van der Waals surface area contributed by atoms with Crippen molar-refractivity contribution in [2.24, 2.45) is 5.92 Å². The van der Waals surface area contributed by atoms with Crippen molar-refractivity contribution in [3.63, 3.8) is 0 Å². The Bertz CT molecular complexity index is 639. The summed E-state index contributed by atoms with van der Waals surface area (Å²) >= 11 is 12.5. The van der Waals surface area contributed by atoms with Gasteiger partial charge in [-0.15, -0.1) is 0 Å². The summed E-state index contributed by atoms with van der Waals surface area (Å²) in [5.74, 6) is 1.29. The first-order valence-electron chi connectivity index (χ1n) is 7.82.